The number of imidazole rings is 1. The number of carbonyl (C=O) groups excluding carboxylic acids is 2. The lowest BCUT2D eigenvalue weighted by Crippen LogP contribution is -2.29. The van der Waals surface area contributed by atoms with Gasteiger partial charge in [-0.1, -0.05) is 24.8 Å². The van der Waals surface area contributed by atoms with Crippen LogP contribution in [-0.2, 0) is 16.1 Å². The summed E-state index contributed by atoms with van der Waals surface area (Å²) in [6.07, 6.45) is 8.43. The number of rotatable bonds is 8. The van der Waals surface area contributed by atoms with E-state index in [1.165, 1.54) is 6.08 Å². The molecule has 2 amide bonds. The summed E-state index contributed by atoms with van der Waals surface area (Å²) < 4.78 is 9.22. The van der Waals surface area contributed by atoms with E-state index in [1.54, 1.807) is 30.3 Å². The van der Waals surface area contributed by atoms with E-state index in [-0.39, 0.29) is 17.9 Å². The van der Waals surface area contributed by atoms with Gasteiger partial charge in [0.25, 0.3) is 5.91 Å². The fraction of sp³-hybridized carbons (Fsp3) is 0.226. The Labute approximate surface area is 237 Å². The highest BCUT2D eigenvalue weighted by Crippen LogP contribution is 2.36. The van der Waals surface area contributed by atoms with E-state index in [0.717, 1.165) is 35.9 Å². The molecule has 3 N–H and O–H groups in total. The van der Waals surface area contributed by atoms with E-state index in [0.29, 0.717) is 47.3 Å². The number of nitrogens with zero attached hydrogens (tertiary/aromatic N) is 5. The Bertz CT molecular complexity index is 1790. The van der Waals surface area contributed by atoms with Crippen molar-refractivity contribution in [3.63, 3.8) is 0 Å². The molecule has 0 radical (unpaired) electrons. The quantitative estimate of drug-likeness (QED) is 0.271. The van der Waals surface area contributed by atoms with Gasteiger partial charge in [0.05, 0.1) is 18.2 Å². The Kier molecular flexibility index (Phi) is 6.98. The van der Waals surface area contributed by atoms with Crippen molar-refractivity contribution in [3.8, 4) is 11.3 Å². The number of hydrogen-bond donors (Lipinski definition) is 2. The maximum atomic E-state index is 13.4. The lowest BCUT2D eigenvalue weighted by molar-refractivity contribution is -0.127. The molecule has 0 spiro atoms. The minimum Gasteiger partial charge on any atom is -0.383 e. The Hall–Kier alpha value is -4.96. The highest BCUT2D eigenvalue weighted by atomic mass is 16.5. The van der Waals surface area contributed by atoms with Gasteiger partial charge in [-0.15, -0.1) is 0 Å². The molecular weight excluding hydrogens is 518 g/mol. The van der Waals surface area contributed by atoms with Gasteiger partial charge in [-0.2, -0.15) is 0 Å². The second kappa shape index (κ2) is 10.9. The summed E-state index contributed by atoms with van der Waals surface area (Å²) in [5.74, 6) is 0.655. The van der Waals surface area contributed by atoms with Crippen LogP contribution in [-0.4, -0.2) is 55.9 Å². The maximum Gasteiger partial charge on any atom is 0.255 e. The molecule has 0 unspecified atom stereocenters. The number of aromatic nitrogens is 4. The lowest BCUT2D eigenvalue weighted by atomic mass is 10.1. The number of hydrogen-bond acceptors (Lipinski definition) is 6. The first-order valence-corrected chi connectivity index (χ1v) is 13.5. The predicted octanol–water partition coefficient (Wildman–Crippen LogP) is 4.68. The number of carbonyl (C=O) groups is 2. The summed E-state index contributed by atoms with van der Waals surface area (Å²) in [6, 6.07) is 15.0. The van der Waals surface area contributed by atoms with Gasteiger partial charge in [-0.05, 0) is 54.6 Å². The molecule has 1 aliphatic rings. The number of ether oxygens (including phenoxy) is 1. The fourth-order valence-corrected chi connectivity index (χ4v) is 5.60. The number of nitrogen functional groups attached to an aromatic ring is 1. The van der Waals surface area contributed by atoms with Crippen LogP contribution >= 0.6 is 0 Å². The second-order valence-corrected chi connectivity index (χ2v) is 10.1. The van der Waals surface area contributed by atoms with Crippen LogP contribution in [0.4, 0.5) is 11.5 Å². The van der Waals surface area contributed by atoms with E-state index in [1.807, 2.05) is 53.2 Å². The Morgan fingerprint density at radius 3 is 2.90 bits per heavy atom. The number of amides is 2. The van der Waals surface area contributed by atoms with Gasteiger partial charge in [0.1, 0.15) is 22.9 Å². The molecule has 41 heavy (non-hydrogen) atoms. The van der Waals surface area contributed by atoms with Crippen LogP contribution in [0.15, 0.2) is 79.8 Å². The van der Waals surface area contributed by atoms with Crippen molar-refractivity contribution >= 4 is 39.7 Å². The normalized spacial score (nSPS) is 15.0. The van der Waals surface area contributed by atoms with Gasteiger partial charge in [0.2, 0.25) is 5.91 Å². The molecular formula is C31H31N7O3. The molecule has 1 atom stereocenters. The topological polar surface area (TPSA) is 120 Å². The molecule has 1 aliphatic heterocycles. The summed E-state index contributed by atoms with van der Waals surface area (Å²) in [7, 11) is 1.68. The third-order valence-corrected chi connectivity index (χ3v) is 7.59. The molecule has 1 saturated heterocycles. The van der Waals surface area contributed by atoms with E-state index in [2.05, 4.69) is 21.4 Å². The monoisotopic (exact) mass is 549 g/mol. The Balaban J connectivity index is 1.33. The molecule has 10 nitrogen and oxygen atoms in total. The maximum absolute atomic E-state index is 13.4. The minimum atomic E-state index is -0.241. The summed E-state index contributed by atoms with van der Waals surface area (Å²) in [4.78, 5) is 37.0. The zero-order valence-electron chi connectivity index (χ0n) is 22.8. The van der Waals surface area contributed by atoms with Crippen molar-refractivity contribution < 1.29 is 14.3 Å². The molecule has 5 aromatic rings. The summed E-state index contributed by atoms with van der Waals surface area (Å²) in [5, 5.41) is 4.11. The van der Waals surface area contributed by atoms with Gasteiger partial charge in [0.15, 0.2) is 0 Å². The Morgan fingerprint density at radius 1 is 1.20 bits per heavy atom. The van der Waals surface area contributed by atoms with Crippen molar-refractivity contribution in [2.75, 3.05) is 31.3 Å². The van der Waals surface area contributed by atoms with Crippen LogP contribution in [0.3, 0.4) is 0 Å². The molecule has 0 bridgehead atoms. The number of nitrogens with one attached hydrogen (secondary N) is 1. The molecule has 6 rings (SSSR count). The first kappa shape index (κ1) is 26.3. The first-order valence-electron chi connectivity index (χ1n) is 13.5. The third-order valence-electron chi connectivity index (χ3n) is 7.59. The summed E-state index contributed by atoms with van der Waals surface area (Å²) in [5.41, 5.74) is 10.5. The van der Waals surface area contributed by atoms with Crippen LogP contribution in [0, 0.1) is 0 Å². The molecule has 3 aromatic heterocycles. The van der Waals surface area contributed by atoms with Crippen molar-refractivity contribution in [1.82, 2.24) is 23.8 Å². The average Bonchev–Trinajstić information content (AvgIpc) is 3.73. The van der Waals surface area contributed by atoms with E-state index in [4.69, 9.17) is 15.5 Å². The van der Waals surface area contributed by atoms with E-state index >= 15 is 0 Å². The highest BCUT2D eigenvalue weighted by Gasteiger charge is 2.33. The number of nitrogens with two attached hydrogens (primary N) is 1. The van der Waals surface area contributed by atoms with Crippen molar-refractivity contribution in [3.05, 3.63) is 91.2 Å². The van der Waals surface area contributed by atoms with Crippen LogP contribution in [0.25, 0.3) is 27.7 Å². The van der Waals surface area contributed by atoms with Gasteiger partial charge in [0, 0.05) is 55.6 Å². The zero-order chi connectivity index (χ0) is 28.5. The van der Waals surface area contributed by atoms with E-state index in [9.17, 15) is 9.59 Å². The van der Waals surface area contributed by atoms with Crippen LogP contribution in [0.5, 0.6) is 0 Å². The average molecular weight is 550 g/mol. The molecule has 208 valence electrons. The van der Waals surface area contributed by atoms with Crippen molar-refractivity contribution in [2.45, 2.75) is 25.4 Å². The third kappa shape index (κ3) is 4.82. The van der Waals surface area contributed by atoms with E-state index < -0.39 is 0 Å². The lowest BCUT2D eigenvalue weighted by Gasteiger charge is -2.22. The van der Waals surface area contributed by atoms with Gasteiger partial charge < -0.3 is 25.3 Å². The molecule has 2 aromatic carbocycles. The fourth-order valence-electron chi connectivity index (χ4n) is 5.60. The molecule has 0 saturated carbocycles. The number of fused-ring (bicyclic) bond motifs is 2. The zero-order valence-corrected chi connectivity index (χ0v) is 22.8. The number of methoxy groups -OCH3 is 1. The van der Waals surface area contributed by atoms with Gasteiger partial charge in [-0.25, -0.2) is 9.97 Å². The van der Waals surface area contributed by atoms with Gasteiger partial charge in [-0.3, -0.25) is 14.0 Å². The molecule has 4 heterocycles. The van der Waals surface area contributed by atoms with Crippen LogP contribution in [0.1, 0.15) is 35.1 Å². The first-order chi connectivity index (χ1) is 20.0. The Morgan fingerprint density at radius 2 is 2.07 bits per heavy atom. The van der Waals surface area contributed by atoms with Crippen LogP contribution in [0.2, 0.25) is 0 Å². The highest BCUT2D eigenvalue weighted by molar-refractivity contribution is 6.06. The second-order valence-electron chi connectivity index (χ2n) is 10.1. The number of anilines is 2. The number of likely N-dealkylation sites (tertiary alicyclic amines) is 1. The predicted molar refractivity (Wildman–Crippen MR) is 158 cm³/mol. The largest absolute Gasteiger partial charge is 0.383 e. The van der Waals surface area contributed by atoms with Gasteiger partial charge >= 0.3 is 0 Å². The molecule has 1 fully saturated rings. The molecule has 0 aliphatic carbocycles. The number of benzene rings is 2. The summed E-state index contributed by atoms with van der Waals surface area (Å²) >= 11 is 0. The smallest absolute Gasteiger partial charge is 0.255 e. The van der Waals surface area contributed by atoms with Crippen molar-refractivity contribution in [1.29, 1.82) is 0 Å². The minimum absolute atomic E-state index is 0.129. The SMILES string of the molecule is C=CC(=O)N1CCC[C@H]1c1nc(-c2cccc(C(=O)Nc3ccc4ccn(CCOC)c4c3)c2)c2c(N)nccn12. The van der Waals surface area contributed by atoms with Crippen molar-refractivity contribution in [2.24, 2.45) is 0 Å². The summed E-state index contributed by atoms with van der Waals surface area (Å²) in [6.45, 7) is 5.61. The standard InChI is InChI=1S/C31H31N7O3/c1-3-26(39)37-13-5-8-24(37)30-35-27(28-29(32)33-12-15-38(28)30)21-6-4-7-22(18-21)31(40)34-23-10-9-20-11-14-36(16-17-41-2)25(20)19-23/h3-4,6-7,9-12,14-15,18-19,24H,1,5,8,13,16-17H2,2H3,(H2,32,33)(H,34,40)/t24-/m0/s1. The molecule has 10 heteroatoms. The van der Waals surface area contributed by atoms with Crippen LogP contribution < -0.4 is 11.1 Å².